The summed E-state index contributed by atoms with van der Waals surface area (Å²) in [4.78, 5) is 24.2. The van der Waals surface area contributed by atoms with E-state index in [4.69, 9.17) is 14.6 Å². The van der Waals surface area contributed by atoms with Crippen molar-refractivity contribution in [3.63, 3.8) is 0 Å². The van der Waals surface area contributed by atoms with Crippen molar-refractivity contribution in [2.45, 2.75) is 45.6 Å². The summed E-state index contributed by atoms with van der Waals surface area (Å²) in [7, 11) is 1.65. The van der Waals surface area contributed by atoms with Crippen molar-refractivity contribution in [2.75, 3.05) is 20.2 Å². The SMILES string of the molecule is COc1cc2c(cc1C=C(C)C)-c1c(c(C(=O)NCCNC(C)=O)nn1C1C=CSC1C)CO2. The first-order chi connectivity index (χ1) is 16.3. The lowest BCUT2D eigenvalue weighted by Crippen LogP contribution is -2.34. The van der Waals surface area contributed by atoms with E-state index in [9.17, 15) is 9.59 Å². The van der Waals surface area contributed by atoms with Crippen LogP contribution in [0.2, 0.25) is 0 Å². The molecular formula is C25H30N4O4S. The number of nitrogens with zero attached hydrogens (tertiary/aromatic N) is 2. The first-order valence-electron chi connectivity index (χ1n) is 11.3. The van der Waals surface area contributed by atoms with E-state index in [2.05, 4.69) is 35.1 Å². The van der Waals surface area contributed by atoms with Gasteiger partial charge in [-0.2, -0.15) is 5.10 Å². The molecule has 180 valence electrons. The standard InChI is InChI=1S/C25H30N4O4S/c1-14(2)10-17-11-18-22(12-21(17)32-5)33-13-19-23(25(31)27-8-7-26-16(4)30)28-29(24(18)19)20-6-9-34-15(20)3/h6,9-12,15,20H,7-8,13H2,1-5H3,(H,26,30)(H,27,31). The average molecular weight is 483 g/mol. The minimum Gasteiger partial charge on any atom is -0.496 e. The number of ether oxygens (including phenoxy) is 2. The number of thioether (sulfide) groups is 1. The molecule has 1 aromatic heterocycles. The maximum Gasteiger partial charge on any atom is 0.272 e. The number of aromatic nitrogens is 2. The summed E-state index contributed by atoms with van der Waals surface area (Å²) in [6.45, 7) is 8.58. The molecule has 0 aliphatic carbocycles. The number of fused-ring (bicyclic) bond motifs is 3. The van der Waals surface area contributed by atoms with Crippen LogP contribution in [0.5, 0.6) is 11.5 Å². The quantitative estimate of drug-likeness (QED) is 0.581. The van der Waals surface area contributed by atoms with Crippen LogP contribution < -0.4 is 20.1 Å². The Morgan fingerprint density at radius 2 is 2.03 bits per heavy atom. The van der Waals surface area contributed by atoms with Gasteiger partial charge in [-0.05, 0) is 25.3 Å². The predicted molar refractivity (Wildman–Crippen MR) is 134 cm³/mol. The first-order valence-corrected chi connectivity index (χ1v) is 12.2. The van der Waals surface area contributed by atoms with Gasteiger partial charge in [0.05, 0.1) is 18.8 Å². The van der Waals surface area contributed by atoms with Crippen LogP contribution in [0.3, 0.4) is 0 Å². The number of carbonyl (C=O) groups is 2. The van der Waals surface area contributed by atoms with Gasteiger partial charge >= 0.3 is 0 Å². The summed E-state index contributed by atoms with van der Waals surface area (Å²) in [6, 6.07) is 3.96. The minimum absolute atomic E-state index is 0.0136. The molecule has 4 rings (SSSR count). The highest BCUT2D eigenvalue weighted by Gasteiger charge is 2.34. The second-order valence-corrected chi connectivity index (χ2v) is 9.91. The summed E-state index contributed by atoms with van der Waals surface area (Å²) in [5, 5.41) is 12.7. The number of benzene rings is 1. The number of allylic oxidation sites excluding steroid dienone is 2. The van der Waals surface area contributed by atoms with Crippen molar-refractivity contribution >= 4 is 29.7 Å². The van der Waals surface area contributed by atoms with Crippen molar-refractivity contribution in [3.8, 4) is 22.8 Å². The lowest BCUT2D eigenvalue weighted by Gasteiger charge is -2.24. The van der Waals surface area contributed by atoms with E-state index in [1.54, 1.807) is 18.9 Å². The maximum atomic E-state index is 13.1. The molecule has 0 saturated carbocycles. The monoisotopic (exact) mass is 482 g/mol. The molecule has 2 aromatic rings. The molecule has 0 spiro atoms. The maximum absolute atomic E-state index is 13.1. The number of amides is 2. The molecule has 2 atom stereocenters. The molecule has 9 heteroatoms. The van der Waals surface area contributed by atoms with E-state index in [0.717, 1.165) is 33.7 Å². The summed E-state index contributed by atoms with van der Waals surface area (Å²) in [5.74, 6) is 1.02. The Morgan fingerprint density at radius 3 is 2.68 bits per heavy atom. The number of hydrogen-bond acceptors (Lipinski definition) is 6. The van der Waals surface area contributed by atoms with Crippen molar-refractivity contribution in [1.82, 2.24) is 20.4 Å². The Kier molecular flexibility index (Phi) is 7.02. The fourth-order valence-electron chi connectivity index (χ4n) is 4.19. The second-order valence-electron chi connectivity index (χ2n) is 8.62. The zero-order valence-electron chi connectivity index (χ0n) is 20.1. The highest BCUT2D eigenvalue weighted by Crippen LogP contribution is 2.45. The molecule has 2 unspecified atom stereocenters. The fraction of sp³-hybridized carbons (Fsp3) is 0.400. The van der Waals surface area contributed by atoms with E-state index in [-0.39, 0.29) is 29.7 Å². The van der Waals surface area contributed by atoms with Crippen LogP contribution in [0.1, 0.15) is 55.4 Å². The van der Waals surface area contributed by atoms with Gasteiger partial charge in [-0.15, -0.1) is 11.8 Å². The normalized spacial score (nSPS) is 17.9. The summed E-state index contributed by atoms with van der Waals surface area (Å²) < 4.78 is 13.7. The van der Waals surface area contributed by atoms with E-state index in [1.807, 2.05) is 30.7 Å². The van der Waals surface area contributed by atoms with Crippen LogP contribution in [0.25, 0.3) is 17.3 Å². The van der Waals surface area contributed by atoms with E-state index in [0.29, 0.717) is 24.5 Å². The largest absolute Gasteiger partial charge is 0.496 e. The Labute approximate surface area is 203 Å². The van der Waals surface area contributed by atoms with Gasteiger partial charge in [0.2, 0.25) is 5.91 Å². The Hall–Kier alpha value is -3.20. The molecule has 0 fully saturated rings. The van der Waals surface area contributed by atoms with Crippen LogP contribution in [0.4, 0.5) is 0 Å². The van der Waals surface area contributed by atoms with Crippen LogP contribution >= 0.6 is 11.8 Å². The molecule has 0 bridgehead atoms. The number of carbonyl (C=O) groups excluding carboxylic acids is 2. The Bertz CT molecular complexity index is 1180. The van der Waals surface area contributed by atoms with E-state index < -0.39 is 0 Å². The van der Waals surface area contributed by atoms with Crippen molar-refractivity contribution < 1.29 is 19.1 Å². The second kappa shape index (κ2) is 9.97. The topological polar surface area (TPSA) is 94.5 Å². The van der Waals surface area contributed by atoms with Gasteiger partial charge in [0.1, 0.15) is 18.1 Å². The average Bonchev–Trinajstić information content (AvgIpc) is 3.39. The predicted octanol–water partition coefficient (Wildman–Crippen LogP) is 3.93. The van der Waals surface area contributed by atoms with Crippen LogP contribution in [0, 0.1) is 0 Å². The lowest BCUT2D eigenvalue weighted by atomic mass is 9.98. The smallest absolute Gasteiger partial charge is 0.272 e. The van der Waals surface area contributed by atoms with Crippen molar-refractivity contribution in [3.05, 3.63) is 46.0 Å². The molecule has 2 amide bonds. The zero-order valence-corrected chi connectivity index (χ0v) is 20.9. The van der Waals surface area contributed by atoms with Gasteiger partial charge in [0.15, 0.2) is 5.69 Å². The number of nitrogens with one attached hydrogen (secondary N) is 2. The van der Waals surface area contributed by atoms with Crippen molar-refractivity contribution in [1.29, 1.82) is 0 Å². The molecule has 0 radical (unpaired) electrons. The molecule has 1 aromatic carbocycles. The Morgan fingerprint density at radius 1 is 1.26 bits per heavy atom. The van der Waals surface area contributed by atoms with Gasteiger partial charge in [-0.3, -0.25) is 14.3 Å². The van der Waals surface area contributed by atoms with Crippen LogP contribution in [-0.2, 0) is 11.4 Å². The molecule has 0 saturated heterocycles. The fourth-order valence-corrected chi connectivity index (χ4v) is 5.05. The molecule has 2 aliphatic rings. The van der Waals surface area contributed by atoms with E-state index in [1.165, 1.54) is 6.92 Å². The van der Waals surface area contributed by atoms with Crippen molar-refractivity contribution in [2.24, 2.45) is 0 Å². The Balaban J connectivity index is 1.80. The van der Waals surface area contributed by atoms with Gasteiger partial charge in [0.25, 0.3) is 5.91 Å². The number of rotatable bonds is 7. The summed E-state index contributed by atoms with van der Waals surface area (Å²) in [5.41, 5.74) is 4.97. The minimum atomic E-state index is -0.285. The molecule has 2 aliphatic heterocycles. The summed E-state index contributed by atoms with van der Waals surface area (Å²) in [6.07, 6.45) is 4.19. The van der Waals surface area contributed by atoms with Crippen LogP contribution in [-0.4, -0.2) is 47.0 Å². The van der Waals surface area contributed by atoms with Gasteiger partial charge < -0.3 is 20.1 Å². The van der Waals surface area contributed by atoms with Crippen LogP contribution in [0.15, 0.2) is 29.2 Å². The highest BCUT2D eigenvalue weighted by molar-refractivity contribution is 8.03. The third-order valence-corrected chi connectivity index (χ3v) is 6.77. The van der Waals surface area contributed by atoms with Gasteiger partial charge in [-0.1, -0.05) is 24.6 Å². The summed E-state index contributed by atoms with van der Waals surface area (Å²) >= 11 is 1.74. The molecule has 3 heterocycles. The van der Waals surface area contributed by atoms with E-state index >= 15 is 0 Å². The number of methoxy groups -OCH3 is 1. The third kappa shape index (κ3) is 4.70. The number of hydrogen-bond donors (Lipinski definition) is 2. The lowest BCUT2D eigenvalue weighted by molar-refractivity contribution is -0.118. The molecular weight excluding hydrogens is 452 g/mol. The first kappa shape index (κ1) is 23.9. The molecule has 2 N–H and O–H groups in total. The van der Waals surface area contributed by atoms with Gasteiger partial charge in [0, 0.05) is 48.0 Å². The zero-order chi connectivity index (χ0) is 24.4. The van der Waals surface area contributed by atoms with Gasteiger partial charge in [-0.25, -0.2) is 0 Å². The third-order valence-electron chi connectivity index (χ3n) is 5.74. The molecule has 34 heavy (non-hydrogen) atoms. The molecule has 8 nitrogen and oxygen atoms in total. The highest BCUT2D eigenvalue weighted by atomic mass is 32.2.